The predicted octanol–water partition coefficient (Wildman–Crippen LogP) is 6.58. The van der Waals surface area contributed by atoms with Crippen LogP contribution in [-0.4, -0.2) is 26.7 Å². The van der Waals surface area contributed by atoms with Gasteiger partial charge in [0.25, 0.3) is 0 Å². The van der Waals surface area contributed by atoms with Gasteiger partial charge in [-0.25, -0.2) is 0 Å². The summed E-state index contributed by atoms with van der Waals surface area (Å²) in [5.41, 5.74) is 3.99. The van der Waals surface area contributed by atoms with Crippen molar-refractivity contribution in [3.05, 3.63) is 114 Å². The van der Waals surface area contributed by atoms with Crippen LogP contribution < -0.4 is 19.1 Å². The number of methoxy groups -OCH3 is 2. The number of rotatable bonds is 8. The van der Waals surface area contributed by atoms with Gasteiger partial charge in [0, 0.05) is 4.90 Å². The molecule has 0 aromatic heterocycles. The lowest BCUT2D eigenvalue weighted by atomic mass is 9.75. The molecule has 0 spiro atoms. The fraction of sp³-hybridized carbons (Fsp3) is 0.161. The second-order valence-corrected chi connectivity index (χ2v) is 9.34. The fourth-order valence-corrected chi connectivity index (χ4v) is 5.97. The summed E-state index contributed by atoms with van der Waals surface area (Å²) in [4.78, 5) is 3.63. The summed E-state index contributed by atoms with van der Waals surface area (Å²) < 4.78 is 16.7. The molecule has 0 fully saturated rings. The number of terminal acetylenes is 1. The van der Waals surface area contributed by atoms with E-state index in [0.717, 1.165) is 44.8 Å². The third-order valence-electron chi connectivity index (χ3n) is 6.51. The van der Waals surface area contributed by atoms with Gasteiger partial charge >= 0.3 is 0 Å². The summed E-state index contributed by atoms with van der Waals surface area (Å²) in [5.74, 6) is 5.73. The van der Waals surface area contributed by atoms with Gasteiger partial charge in [-0.3, -0.25) is 0 Å². The number of thioether (sulfide) groups is 1. The zero-order valence-electron chi connectivity index (χ0n) is 20.3. The first-order chi connectivity index (χ1) is 17.7. The largest absolute Gasteiger partial charge is 0.497 e. The maximum atomic E-state index is 5.71. The van der Waals surface area contributed by atoms with Gasteiger partial charge in [-0.2, -0.15) is 0 Å². The summed E-state index contributed by atoms with van der Waals surface area (Å²) in [6, 6.07) is 33.6. The van der Waals surface area contributed by atoms with Crippen LogP contribution in [0, 0.1) is 12.3 Å². The third kappa shape index (κ3) is 4.14. The van der Waals surface area contributed by atoms with Crippen LogP contribution >= 0.6 is 11.8 Å². The highest BCUT2D eigenvalue weighted by atomic mass is 32.2. The molecule has 1 aliphatic rings. The molecule has 0 unspecified atom stereocenters. The number of benzene rings is 4. The van der Waals surface area contributed by atoms with Crippen LogP contribution in [0.3, 0.4) is 0 Å². The Balaban J connectivity index is 1.76. The van der Waals surface area contributed by atoms with Gasteiger partial charge in [-0.15, -0.1) is 18.2 Å². The van der Waals surface area contributed by atoms with Crippen molar-refractivity contribution in [2.24, 2.45) is 0 Å². The van der Waals surface area contributed by atoms with Crippen molar-refractivity contribution >= 4 is 17.4 Å². The van der Waals surface area contributed by atoms with Crippen molar-refractivity contribution in [1.29, 1.82) is 0 Å². The SMILES string of the molecule is C#CCOc1ccc2c(c1)SCN2C(c1ccccc1)(c1ccc(OC)cc1)c1ccc(OC)cc1. The van der Waals surface area contributed by atoms with Gasteiger partial charge in [0.2, 0.25) is 0 Å². The Kier molecular flexibility index (Phi) is 6.79. The maximum Gasteiger partial charge on any atom is 0.148 e. The van der Waals surface area contributed by atoms with Crippen LogP contribution in [0.15, 0.2) is 102 Å². The van der Waals surface area contributed by atoms with Crippen LogP contribution in [0.2, 0.25) is 0 Å². The molecule has 0 saturated heterocycles. The molecular formula is C31H27NO3S. The summed E-state index contributed by atoms with van der Waals surface area (Å²) >= 11 is 1.79. The van der Waals surface area contributed by atoms with Crippen molar-refractivity contribution in [2.75, 3.05) is 31.6 Å². The molecule has 1 aliphatic heterocycles. The number of anilines is 1. The fourth-order valence-electron chi connectivity index (χ4n) is 4.84. The lowest BCUT2D eigenvalue weighted by Crippen LogP contribution is -2.47. The van der Waals surface area contributed by atoms with E-state index in [1.54, 1.807) is 26.0 Å². The van der Waals surface area contributed by atoms with Crippen molar-refractivity contribution in [3.63, 3.8) is 0 Å². The molecular weight excluding hydrogens is 466 g/mol. The minimum absolute atomic E-state index is 0.249. The first-order valence-corrected chi connectivity index (χ1v) is 12.6. The van der Waals surface area contributed by atoms with E-state index in [2.05, 4.69) is 77.6 Å². The van der Waals surface area contributed by atoms with E-state index in [0.29, 0.717) is 0 Å². The Morgan fingerprint density at radius 2 is 1.33 bits per heavy atom. The molecule has 36 heavy (non-hydrogen) atoms. The molecule has 0 N–H and O–H groups in total. The molecule has 0 atom stereocenters. The van der Waals surface area contributed by atoms with Gasteiger partial charge in [0.1, 0.15) is 29.4 Å². The predicted molar refractivity (Wildman–Crippen MR) is 146 cm³/mol. The van der Waals surface area contributed by atoms with E-state index < -0.39 is 5.54 Å². The summed E-state index contributed by atoms with van der Waals surface area (Å²) in [6.45, 7) is 0.249. The summed E-state index contributed by atoms with van der Waals surface area (Å²) in [5, 5.41) is 0. The molecule has 5 rings (SSSR count). The van der Waals surface area contributed by atoms with E-state index >= 15 is 0 Å². The molecule has 0 aliphatic carbocycles. The summed E-state index contributed by atoms with van der Waals surface area (Å²) in [7, 11) is 3.38. The maximum absolute atomic E-state index is 5.71. The Bertz CT molecular complexity index is 1310. The molecule has 1 heterocycles. The van der Waals surface area contributed by atoms with Crippen molar-refractivity contribution in [1.82, 2.24) is 0 Å². The van der Waals surface area contributed by atoms with Crippen LogP contribution in [0.25, 0.3) is 0 Å². The van der Waals surface area contributed by atoms with Gasteiger partial charge in [-0.1, -0.05) is 60.5 Å². The number of ether oxygens (including phenoxy) is 3. The van der Waals surface area contributed by atoms with Gasteiger partial charge in [0.15, 0.2) is 0 Å². The first-order valence-electron chi connectivity index (χ1n) is 11.7. The molecule has 5 heteroatoms. The quantitative estimate of drug-likeness (QED) is 0.204. The molecule has 0 saturated carbocycles. The lowest BCUT2D eigenvalue weighted by molar-refractivity contribution is 0.369. The monoisotopic (exact) mass is 493 g/mol. The molecule has 0 amide bonds. The standard InChI is InChI=1S/C31H27NO3S/c1-4-20-35-28-18-19-29-30(21-28)36-22-32(29)31(23-8-6-5-7-9-23,24-10-14-26(33-2)15-11-24)25-12-16-27(34-3)17-13-25/h1,5-19,21H,20,22H2,2-3H3. The number of hydrogen-bond acceptors (Lipinski definition) is 5. The van der Waals surface area contributed by atoms with Gasteiger partial charge < -0.3 is 19.1 Å². The summed E-state index contributed by atoms with van der Waals surface area (Å²) in [6.07, 6.45) is 5.40. The van der Waals surface area contributed by atoms with Gasteiger partial charge in [-0.05, 0) is 59.2 Å². The Labute approximate surface area is 216 Å². The number of fused-ring (bicyclic) bond motifs is 1. The molecule has 180 valence electrons. The van der Waals surface area contributed by atoms with E-state index in [1.165, 1.54) is 5.56 Å². The van der Waals surface area contributed by atoms with Crippen molar-refractivity contribution in [2.45, 2.75) is 10.4 Å². The van der Waals surface area contributed by atoms with Crippen LogP contribution in [0.4, 0.5) is 5.69 Å². The van der Waals surface area contributed by atoms with Crippen molar-refractivity contribution < 1.29 is 14.2 Å². The molecule has 0 bridgehead atoms. The molecule has 4 aromatic rings. The topological polar surface area (TPSA) is 30.9 Å². The van der Waals surface area contributed by atoms with Crippen molar-refractivity contribution in [3.8, 4) is 29.6 Å². The van der Waals surface area contributed by atoms with Gasteiger partial charge in [0.05, 0.1) is 25.8 Å². The first kappa shape index (κ1) is 23.7. The van der Waals surface area contributed by atoms with E-state index in [1.807, 2.05) is 30.3 Å². The van der Waals surface area contributed by atoms with Crippen LogP contribution in [0.5, 0.6) is 17.2 Å². The normalized spacial score (nSPS) is 12.5. The highest BCUT2D eigenvalue weighted by molar-refractivity contribution is 7.99. The highest BCUT2D eigenvalue weighted by Gasteiger charge is 2.45. The van der Waals surface area contributed by atoms with E-state index in [-0.39, 0.29) is 6.61 Å². The Morgan fingerprint density at radius 3 is 1.89 bits per heavy atom. The average Bonchev–Trinajstić information content (AvgIpc) is 3.37. The van der Waals surface area contributed by atoms with E-state index in [4.69, 9.17) is 20.6 Å². The molecule has 0 radical (unpaired) electrons. The minimum atomic E-state index is -0.598. The van der Waals surface area contributed by atoms with Crippen LogP contribution in [0.1, 0.15) is 16.7 Å². The average molecular weight is 494 g/mol. The number of nitrogens with zero attached hydrogens (tertiary/aromatic N) is 1. The lowest BCUT2D eigenvalue weighted by Gasteiger charge is -2.45. The van der Waals surface area contributed by atoms with Crippen LogP contribution in [-0.2, 0) is 5.54 Å². The third-order valence-corrected chi connectivity index (χ3v) is 7.53. The molecule has 4 aromatic carbocycles. The molecule has 4 nitrogen and oxygen atoms in total. The Morgan fingerprint density at radius 1 is 0.778 bits per heavy atom. The smallest absolute Gasteiger partial charge is 0.148 e. The second-order valence-electron chi connectivity index (χ2n) is 8.36. The highest BCUT2D eigenvalue weighted by Crippen LogP contribution is 2.52. The number of hydrogen-bond donors (Lipinski definition) is 0. The zero-order valence-corrected chi connectivity index (χ0v) is 21.1. The minimum Gasteiger partial charge on any atom is -0.497 e. The zero-order chi connectivity index (χ0) is 25.0. The van der Waals surface area contributed by atoms with E-state index in [9.17, 15) is 0 Å². The Hall–Kier alpha value is -4.01. The second kappa shape index (κ2) is 10.3.